The largest absolute Gasteiger partial charge is 0.491 e. The third-order valence-electron chi connectivity index (χ3n) is 4.72. The average Bonchev–Trinajstić information content (AvgIpc) is 2.67. The van der Waals surface area contributed by atoms with Gasteiger partial charge in [-0.25, -0.2) is 8.78 Å². The Labute approximate surface area is 157 Å². The monoisotopic (exact) mass is 372 g/mol. The molecule has 3 aromatic carbocycles. The minimum atomic E-state index is -1.22. The summed E-state index contributed by atoms with van der Waals surface area (Å²) in [6.07, 6.45) is 4.43. The molecule has 0 unspecified atom stereocenters. The van der Waals surface area contributed by atoms with Crippen molar-refractivity contribution in [2.24, 2.45) is 0 Å². The number of hydrogen-bond donors (Lipinski definition) is 0. The van der Waals surface area contributed by atoms with Gasteiger partial charge in [-0.15, -0.1) is 0 Å². The smallest absolute Gasteiger partial charge is 0.201 e. The van der Waals surface area contributed by atoms with Crippen LogP contribution in [0, 0.1) is 17.5 Å². The Morgan fingerprint density at radius 2 is 1.56 bits per heavy atom. The lowest BCUT2D eigenvalue weighted by Gasteiger charge is -2.12. The highest BCUT2D eigenvalue weighted by molar-refractivity contribution is 5.90. The zero-order chi connectivity index (χ0) is 19.4. The quantitative estimate of drug-likeness (QED) is 0.404. The van der Waals surface area contributed by atoms with E-state index in [9.17, 15) is 8.78 Å². The number of halogens is 3. The van der Waals surface area contributed by atoms with Gasteiger partial charge in [-0.3, -0.25) is 0 Å². The summed E-state index contributed by atoms with van der Waals surface area (Å²) in [5, 5.41) is -0.0738. The van der Waals surface area contributed by atoms with E-state index in [0.717, 1.165) is 19.3 Å². The van der Waals surface area contributed by atoms with Gasteiger partial charge in [0.15, 0.2) is 11.6 Å². The second-order valence-electron chi connectivity index (χ2n) is 6.61. The molecular formula is C23H23F3O. The molecule has 0 aliphatic heterocycles. The zero-order valence-corrected chi connectivity index (χ0v) is 15.6. The van der Waals surface area contributed by atoms with E-state index in [1.54, 1.807) is 19.1 Å². The molecule has 0 N–H and O–H groups in total. The average molecular weight is 372 g/mol. The second kappa shape index (κ2) is 8.47. The molecule has 0 saturated carbocycles. The van der Waals surface area contributed by atoms with E-state index < -0.39 is 17.5 Å². The molecule has 0 heterocycles. The molecule has 142 valence electrons. The van der Waals surface area contributed by atoms with Gasteiger partial charge >= 0.3 is 0 Å². The lowest BCUT2D eigenvalue weighted by atomic mass is 9.97. The number of rotatable bonds is 7. The fourth-order valence-electron chi connectivity index (χ4n) is 3.27. The van der Waals surface area contributed by atoms with Crippen LogP contribution in [0.5, 0.6) is 5.75 Å². The van der Waals surface area contributed by atoms with E-state index in [4.69, 9.17) is 4.74 Å². The van der Waals surface area contributed by atoms with E-state index in [1.807, 2.05) is 24.3 Å². The SMILES string of the molecule is CCCCCc1ccc(-c2ccc3cc(OCC)c(F)c(F)c3c2F)cc1. The Bertz CT molecular complexity index is 933. The highest BCUT2D eigenvalue weighted by Crippen LogP contribution is 2.35. The van der Waals surface area contributed by atoms with Crippen LogP contribution in [0.15, 0.2) is 42.5 Å². The summed E-state index contributed by atoms with van der Waals surface area (Å²) < 4.78 is 48.8. The van der Waals surface area contributed by atoms with E-state index >= 15 is 4.39 Å². The van der Waals surface area contributed by atoms with Crippen LogP contribution in [0.4, 0.5) is 13.2 Å². The number of benzene rings is 3. The number of aryl methyl sites for hydroxylation is 1. The first-order valence-electron chi connectivity index (χ1n) is 9.39. The number of unbranched alkanes of at least 4 members (excludes halogenated alkanes) is 2. The molecule has 0 radical (unpaired) electrons. The van der Waals surface area contributed by atoms with Crippen molar-refractivity contribution in [1.82, 2.24) is 0 Å². The van der Waals surface area contributed by atoms with Crippen LogP contribution in [0.25, 0.3) is 21.9 Å². The molecule has 0 amide bonds. The van der Waals surface area contributed by atoms with Crippen molar-refractivity contribution < 1.29 is 17.9 Å². The fourth-order valence-corrected chi connectivity index (χ4v) is 3.27. The minimum Gasteiger partial charge on any atom is -0.491 e. The molecular weight excluding hydrogens is 349 g/mol. The molecule has 3 aromatic rings. The first-order valence-corrected chi connectivity index (χ1v) is 9.39. The molecule has 0 spiro atoms. The van der Waals surface area contributed by atoms with Gasteiger partial charge in [0.25, 0.3) is 0 Å². The van der Waals surface area contributed by atoms with Gasteiger partial charge in [0, 0.05) is 5.56 Å². The third-order valence-corrected chi connectivity index (χ3v) is 4.72. The van der Waals surface area contributed by atoms with E-state index in [2.05, 4.69) is 6.92 Å². The van der Waals surface area contributed by atoms with Crippen LogP contribution in [0.2, 0.25) is 0 Å². The van der Waals surface area contributed by atoms with Crippen LogP contribution in [-0.2, 0) is 6.42 Å². The first kappa shape index (κ1) is 19.3. The fraction of sp³-hybridized carbons (Fsp3) is 0.304. The maximum absolute atomic E-state index is 15.0. The van der Waals surface area contributed by atoms with Crippen LogP contribution >= 0.6 is 0 Å². The zero-order valence-electron chi connectivity index (χ0n) is 15.6. The molecule has 0 fully saturated rings. The summed E-state index contributed by atoms with van der Waals surface area (Å²) in [6.45, 7) is 4.04. The van der Waals surface area contributed by atoms with Crippen LogP contribution < -0.4 is 4.74 Å². The number of ether oxygens (including phenoxy) is 1. The van der Waals surface area contributed by atoms with Crippen molar-refractivity contribution in [2.45, 2.75) is 39.5 Å². The van der Waals surface area contributed by atoms with Gasteiger partial charge in [-0.2, -0.15) is 4.39 Å². The van der Waals surface area contributed by atoms with Gasteiger partial charge in [0.2, 0.25) is 5.82 Å². The van der Waals surface area contributed by atoms with E-state index in [-0.39, 0.29) is 28.7 Å². The maximum atomic E-state index is 15.0. The summed E-state index contributed by atoms with van der Waals surface area (Å²) in [7, 11) is 0. The highest BCUT2D eigenvalue weighted by atomic mass is 19.2. The third kappa shape index (κ3) is 3.95. The molecule has 0 bridgehead atoms. The van der Waals surface area contributed by atoms with Crippen molar-refractivity contribution >= 4 is 10.8 Å². The summed E-state index contributed by atoms with van der Waals surface area (Å²) in [5.41, 5.74) is 2.08. The molecule has 3 rings (SSSR count). The molecule has 0 saturated heterocycles. The Morgan fingerprint density at radius 1 is 0.815 bits per heavy atom. The van der Waals surface area contributed by atoms with Gasteiger partial charge in [-0.1, -0.05) is 56.2 Å². The van der Waals surface area contributed by atoms with Crippen molar-refractivity contribution in [3.05, 3.63) is 65.5 Å². The van der Waals surface area contributed by atoms with Crippen LogP contribution in [0.3, 0.4) is 0 Å². The Balaban J connectivity index is 1.99. The van der Waals surface area contributed by atoms with E-state index in [0.29, 0.717) is 5.56 Å². The van der Waals surface area contributed by atoms with Crippen molar-refractivity contribution in [2.75, 3.05) is 6.61 Å². The molecule has 0 aromatic heterocycles. The lowest BCUT2D eigenvalue weighted by molar-refractivity contribution is 0.315. The second-order valence-corrected chi connectivity index (χ2v) is 6.61. The molecule has 0 aliphatic carbocycles. The van der Waals surface area contributed by atoms with Crippen molar-refractivity contribution in [3.63, 3.8) is 0 Å². The first-order chi connectivity index (χ1) is 13.1. The topological polar surface area (TPSA) is 9.23 Å². The van der Waals surface area contributed by atoms with Crippen molar-refractivity contribution in [1.29, 1.82) is 0 Å². The predicted molar refractivity (Wildman–Crippen MR) is 104 cm³/mol. The number of fused-ring (bicyclic) bond motifs is 1. The summed E-state index contributed by atoms with van der Waals surface area (Å²) >= 11 is 0. The number of hydrogen-bond acceptors (Lipinski definition) is 1. The predicted octanol–water partition coefficient (Wildman–Crippen LogP) is 7.06. The van der Waals surface area contributed by atoms with E-state index in [1.165, 1.54) is 18.1 Å². The molecule has 27 heavy (non-hydrogen) atoms. The molecule has 0 atom stereocenters. The molecule has 4 heteroatoms. The van der Waals surface area contributed by atoms with Crippen LogP contribution in [-0.4, -0.2) is 6.61 Å². The Hall–Kier alpha value is -2.49. The van der Waals surface area contributed by atoms with Crippen LogP contribution in [0.1, 0.15) is 38.7 Å². The summed E-state index contributed by atoms with van der Waals surface area (Å²) in [6, 6.07) is 12.1. The Morgan fingerprint density at radius 3 is 2.22 bits per heavy atom. The standard InChI is InChI=1S/C23H23F3O/c1-3-5-6-7-15-8-10-16(11-9-15)18-13-12-17-14-19(27-4-2)22(25)23(26)20(17)21(18)24/h8-14H,3-7H2,1-2H3. The lowest BCUT2D eigenvalue weighted by Crippen LogP contribution is -2.00. The van der Waals surface area contributed by atoms with Gasteiger partial charge < -0.3 is 4.74 Å². The minimum absolute atomic E-state index is 0.201. The van der Waals surface area contributed by atoms with Gasteiger partial charge in [0.1, 0.15) is 5.82 Å². The summed E-state index contributed by atoms with van der Waals surface area (Å²) in [5.74, 6) is -3.34. The highest BCUT2D eigenvalue weighted by Gasteiger charge is 2.20. The van der Waals surface area contributed by atoms with Gasteiger partial charge in [0.05, 0.1) is 12.0 Å². The normalized spacial score (nSPS) is 11.1. The molecule has 1 nitrogen and oxygen atoms in total. The van der Waals surface area contributed by atoms with Gasteiger partial charge in [-0.05, 0) is 42.3 Å². The Kier molecular flexibility index (Phi) is 6.04. The maximum Gasteiger partial charge on any atom is 0.201 e. The molecule has 0 aliphatic rings. The van der Waals surface area contributed by atoms with Crippen molar-refractivity contribution in [3.8, 4) is 16.9 Å². The summed E-state index contributed by atoms with van der Waals surface area (Å²) in [4.78, 5) is 0.